The lowest BCUT2D eigenvalue weighted by Crippen LogP contribution is -2.52. The molecule has 0 radical (unpaired) electrons. The van der Waals surface area contributed by atoms with Gasteiger partial charge in [0.1, 0.15) is 0 Å². The van der Waals surface area contributed by atoms with Gasteiger partial charge in [-0.15, -0.1) is 0 Å². The normalized spacial score (nSPS) is 24.9. The third-order valence-electron chi connectivity index (χ3n) is 4.04. The number of carbonyl (C=O) groups excluding carboxylic acids is 1. The highest BCUT2D eigenvalue weighted by atomic mass is 16.2. The molecule has 1 amide bonds. The van der Waals surface area contributed by atoms with Gasteiger partial charge < -0.3 is 10.2 Å². The fourth-order valence-corrected chi connectivity index (χ4v) is 3.04. The second kappa shape index (κ2) is 7.06. The van der Waals surface area contributed by atoms with Crippen molar-refractivity contribution in [2.24, 2.45) is 0 Å². The minimum atomic E-state index is 0.268. The Morgan fingerprint density at radius 1 is 1.53 bits per heavy atom. The summed E-state index contributed by atoms with van der Waals surface area (Å²) in [5, 5.41) is 3.41. The monoisotopic (exact) mass is 265 g/mol. The van der Waals surface area contributed by atoms with E-state index in [4.69, 9.17) is 0 Å². The van der Waals surface area contributed by atoms with Gasteiger partial charge in [-0.2, -0.15) is 0 Å². The molecular formula is C15H27N3O. The quantitative estimate of drug-likeness (QED) is 0.838. The second-order valence-corrected chi connectivity index (χ2v) is 5.67. The van der Waals surface area contributed by atoms with Crippen molar-refractivity contribution < 1.29 is 4.79 Å². The Kier molecular flexibility index (Phi) is 5.40. The van der Waals surface area contributed by atoms with Crippen LogP contribution in [0.15, 0.2) is 11.8 Å². The Morgan fingerprint density at radius 2 is 2.37 bits per heavy atom. The highest BCUT2D eigenvalue weighted by Crippen LogP contribution is 2.21. The minimum Gasteiger partial charge on any atom is -0.316 e. The molecule has 0 aromatic rings. The maximum atomic E-state index is 12.5. The summed E-state index contributed by atoms with van der Waals surface area (Å²) in [6.45, 7) is 8.56. The number of amides is 1. The maximum Gasteiger partial charge on any atom is 0.240 e. The number of allylic oxidation sites excluding steroid dienone is 2. The van der Waals surface area contributed by atoms with E-state index in [9.17, 15) is 4.79 Å². The Balaban J connectivity index is 1.91. The van der Waals surface area contributed by atoms with Gasteiger partial charge in [0.15, 0.2) is 0 Å². The van der Waals surface area contributed by atoms with Gasteiger partial charge in [0.25, 0.3) is 0 Å². The van der Waals surface area contributed by atoms with Crippen LogP contribution in [0.4, 0.5) is 0 Å². The molecule has 4 heteroatoms. The lowest BCUT2D eigenvalue weighted by Gasteiger charge is -2.34. The molecule has 0 aromatic carbocycles. The molecule has 1 aliphatic carbocycles. The van der Waals surface area contributed by atoms with Crippen LogP contribution in [0.2, 0.25) is 0 Å². The molecule has 0 bridgehead atoms. The van der Waals surface area contributed by atoms with Crippen LogP contribution < -0.4 is 5.32 Å². The van der Waals surface area contributed by atoms with Gasteiger partial charge in [-0.3, -0.25) is 9.69 Å². The summed E-state index contributed by atoms with van der Waals surface area (Å²) in [5.41, 5.74) is 1.25. The molecule has 1 saturated heterocycles. The Bertz CT molecular complexity index is 340. The average molecular weight is 265 g/mol. The predicted octanol–water partition coefficient (Wildman–Crippen LogP) is 1.59. The van der Waals surface area contributed by atoms with Crippen molar-refractivity contribution in [2.45, 2.75) is 45.6 Å². The number of nitrogens with one attached hydrogen (secondary N) is 1. The third kappa shape index (κ3) is 4.05. The van der Waals surface area contributed by atoms with E-state index >= 15 is 0 Å². The van der Waals surface area contributed by atoms with Crippen molar-refractivity contribution in [2.75, 3.05) is 32.7 Å². The zero-order chi connectivity index (χ0) is 13.7. The zero-order valence-electron chi connectivity index (χ0n) is 12.3. The number of carbonyl (C=O) groups is 1. The van der Waals surface area contributed by atoms with E-state index in [1.807, 2.05) is 4.90 Å². The van der Waals surface area contributed by atoms with Gasteiger partial charge >= 0.3 is 0 Å². The van der Waals surface area contributed by atoms with Gasteiger partial charge in [-0.25, -0.2) is 0 Å². The summed E-state index contributed by atoms with van der Waals surface area (Å²) in [6.07, 6.45) is 6.94. The van der Waals surface area contributed by atoms with Crippen LogP contribution in [0, 0.1) is 0 Å². The number of hydrogen-bond acceptors (Lipinski definition) is 3. The van der Waals surface area contributed by atoms with E-state index < -0.39 is 0 Å². The molecule has 0 saturated carbocycles. The van der Waals surface area contributed by atoms with Crippen LogP contribution in [0.5, 0.6) is 0 Å². The van der Waals surface area contributed by atoms with Gasteiger partial charge in [0.05, 0.1) is 6.54 Å². The smallest absolute Gasteiger partial charge is 0.240 e. The second-order valence-electron chi connectivity index (χ2n) is 5.67. The van der Waals surface area contributed by atoms with Crippen molar-refractivity contribution >= 4 is 5.91 Å². The van der Waals surface area contributed by atoms with Crippen molar-refractivity contribution in [3.05, 3.63) is 11.8 Å². The van der Waals surface area contributed by atoms with Crippen molar-refractivity contribution in [3.63, 3.8) is 0 Å². The van der Waals surface area contributed by atoms with E-state index in [-0.39, 0.29) is 5.91 Å². The van der Waals surface area contributed by atoms with E-state index in [1.54, 1.807) is 0 Å². The van der Waals surface area contributed by atoms with Gasteiger partial charge in [-0.05, 0) is 39.5 Å². The Labute approximate surface area is 116 Å². The fourth-order valence-electron chi connectivity index (χ4n) is 3.04. The average Bonchev–Trinajstić information content (AvgIpc) is 2.41. The molecule has 19 heavy (non-hydrogen) atoms. The van der Waals surface area contributed by atoms with Crippen LogP contribution in [0.1, 0.15) is 39.5 Å². The summed E-state index contributed by atoms with van der Waals surface area (Å²) in [5.74, 6) is 0.268. The number of nitrogens with zero attached hydrogens (tertiary/aromatic N) is 2. The first-order valence-electron chi connectivity index (χ1n) is 7.66. The predicted molar refractivity (Wildman–Crippen MR) is 77.8 cm³/mol. The molecule has 2 rings (SSSR count). The molecule has 1 atom stereocenters. The number of hydrogen-bond donors (Lipinski definition) is 1. The van der Waals surface area contributed by atoms with Crippen LogP contribution >= 0.6 is 0 Å². The Hall–Kier alpha value is -0.870. The molecule has 1 unspecified atom stereocenters. The van der Waals surface area contributed by atoms with Gasteiger partial charge in [-0.1, -0.05) is 6.08 Å². The van der Waals surface area contributed by atoms with Crippen molar-refractivity contribution in [1.82, 2.24) is 15.1 Å². The van der Waals surface area contributed by atoms with Gasteiger partial charge in [0.2, 0.25) is 5.91 Å². The first-order chi connectivity index (χ1) is 9.20. The van der Waals surface area contributed by atoms with E-state index in [0.29, 0.717) is 12.6 Å². The number of rotatable bonds is 4. The lowest BCUT2D eigenvalue weighted by molar-refractivity contribution is -0.130. The molecule has 1 N–H and O–H groups in total. The molecule has 0 spiro atoms. The highest BCUT2D eigenvalue weighted by Gasteiger charge is 2.22. The summed E-state index contributed by atoms with van der Waals surface area (Å²) >= 11 is 0. The first kappa shape index (κ1) is 14.5. The van der Waals surface area contributed by atoms with Crippen LogP contribution in [0.25, 0.3) is 0 Å². The molecule has 1 fully saturated rings. The summed E-state index contributed by atoms with van der Waals surface area (Å²) < 4.78 is 0. The lowest BCUT2D eigenvalue weighted by atomic mass is 10.0. The summed E-state index contributed by atoms with van der Waals surface area (Å²) in [7, 11) is 0. The van der Waals surface area contributed by atoms with E-state index in [2.05, 4.69) is 30.1 Å². The molecular weight excluding hydrogens is 238 g/mol. The molecule has 1 heterocycles. The maximum absolute atomic E-state index is 12.5. The standard InChI is InChI=1S/C15H27N3O/c1-3-18(14-7-5-4-6-8-14)15(19)12-17-10-9-16-13(2)11-17/h7,13,16H,3-6,8-12H2,1-2H3. The number of likely N-dealkylation sites (N-methyl/N-ethyl adjacent to an activating group) is 1. The van der Waals surface area contributed by atoms with Crippen LogP contribution in [-0.2, 0) is 4.79 Å². The first-order valence-corrected chi connectivity index (χ1v) is 7.66. The SMILES string of the molecule is CCN(C(=O)CN1CCNC(C)C1)C1=CCCCC1. The topological polar surface area (TPSA) is 35.6 Å². The molecule has 2 aliphatic rings. The van der Waals surface area contributed by atoms with Gasteiger partial charge in [0, 0.05) is 37.9 Å². The third-order valence-corrected chi connectivity index (χ3v) is 4.04. The zero-order valence-corrected chi connectivity index (χ0v) is 12.3. The summed E-state index contributed by atoms with van der Waals surface area (Å²) in [6, 6.07) is 0.491. The molecule has 1 aliphatic heterocycles. The minimum absolute atomic E-state index is 0.268. The van der Waals surface area contributed by atoms with E-state index in [1.165, 1.54) is 18.5 Å². The summed E-state index contributed by atoms with van der Waals surface area (Å²) in [4.78, 5) is 16.7. The fraction of sp³-hybridized carbons (Fsp3) is 0.800. The Morgan fingerprint density at radius 3 is 3.00 bits per heavy atom. The largest absolute Gasteiger partial charge is 0.316 e. The molecule has 4 nitrogen and oxygen atoms in total. The highest BCUT2D eigenvalue weighted by molar-refractivity contribution is 5.80. The van der Waals surface area contributed by atoms with Crippen LogP contribution in [0.3, 0.4) is 0 Å². The van der Waals surface area contributed by atoms with Crippen LogP contribution in [-0.4, -0.2) is 54.5 Å². The van der Waals surface area contributed by atoms with Crippen molar-refractivity contribution in [3.8, 4) is 0 Å². The molecule has 0 aromatic heterocycles. The van der Waals surface area contributed by atoms with Crippen molar-refractivity contribution in [1.29, 1.82) is 0 Å². The number of piperazine rings is 1. The van der Waals surface area contributed by atoms with E-state index in [0.717, 1.165) is 39.0 Å². The molecule has 108 valence electrons.